The largest absolute Gasteiger partial charge is 0.505 e. The normalized spacial score (nSPS) is 10.0. The molecule has 5 nitrogen and oxygen atoms in total. The van der Waals surface area contributed by atoms with E-state index in [9.17, 15) is 9.90 Å². The van der Waals surface area contributed by atoms with Crippen molar-refractivity contribution in [3.63, 3.8) is 0 Å². The van der Waals surface area contributed by atoms with Crippen LogP contribution < -0.4 is 0 Å². The first-order chi connectivity index (χ1) is 11.6. The number of ether oxygens (including phenoxy) is 1. The third-order valence-electron chi connectivity index (χ3n) is 3.53. The SMILES string of the molecule is CC.COC(=O)c1ncc2c(-c3ccc(C)cc3)cncc2c1O. The maximum Gasteiger partial charge on any atom is 0.360 e. The van der Waals surface area contributed by atoms with Crippen LogP contribution in [-0.4, -0.2) is 28.2 Å². The van der Waals surface area contributed by atoms with Crippen LogP contribution in [-0.2, 0) is 4.74 Å². The maximum atomic E-state index is 11.6. The van der Waals surface area contributed by atoms with Gasteiger partial charge in [0.1, 0.15) is 0 Å². The number of hydrogen-bond donors (Lipinski definition) is 1. The smallest absolute Gasteiger partial charge is 0.360 e. The fourth-order valence-corrected chi connectivity index (χ4v) is 2.33. The molecule has 1 aromatic carbocycles. The Labute approximate surface area is 141 Å². The van der Waals surface area contributed by atoms with Crippen molar-refractivity contribution >= 4 is 16.7 Å². The molecule has 0 aliphatic heterocycles. The topological polar surface area (TPSA) is 72.3 Å². The summed E-state index contributed by atoms with van der Waals surface area (Å²) in [6.45, 7) is 6.02. The van der Waals surface area contributed by atoms with Gasteiger partial charge in [-0.1, -0.05) is 43.7 Å². The molecular formula is C19H20N2O3. The van der Waals surface area contributed by atoms with Crippen molar-refractivity contribution in [3.8, 4) is 16.9 Å². The number of aromatic hydroxyl groups is 1. The molecule has 124 valence electrons. The Morgan fingerprint density at radius 1 is 1.04 bits per heavy atom. The number of esters is 1. The number of fused-ring (bicyclic) bond motifs is 1. The standard InChI is InChI=1S/C17H14N2O3.C2H6/c1-10-3-5-11(6-4-10)12-7-18-8-14-13(12)9-19-15(16(14)20)17(21)22-2;1-2/h3-9,20H,1-2H3;1-2H3. The monoisotopic (exact) mass is 324 g/mol. The van der Waals surface area contributed by atoms with Crippen LogP contribution >= 0.6 is 0 Å². The highest BCUT2D eigenvalue weighted by Crippen LogP contribution is 2.33. The van der Waals surface area contributed by atoms with Gasteiger partial charge in [-0.3, -0.25) is 4.98 Å². The van der Waals surface area contributed by atoms with E-state index in [1.54, 1.807) is 12.4 Å². The van der Waals surface area contributed by atoms with Crippen LogP contribution in [0.2, 0.25) is 0 Å². The van der Waals surface area contributed by atoms with Crippen molar-refractivity contribution in [1.29, 1.82) is 0 Å². The van der Waals surface area contributed by atoms with Crippen molar-refractivity contribution in [2.45, 2.75) is 20.8 Å². The molecule has 0 spiro atoms. The summed E-state index contributed by atoms with van der Waals surface area (Å²) in [5.41, 5.74) is 2.86. The highest BCUT2D eigenvalue weighted by atomic mass is 16.5. The summed E-state index contributed by atoms with van der Waals surface area (Å²) in [6.07, 6.45) is 4.78. The summed E-state index contributed by atoms with van der Waals surface area (Å²) in [7, 11) is 1.24. The average Bonchev–Trinajstić information content (AvgIpc) is 2.63. The fraction of sp³-hybridized carbons (Fsp3) is 0.211. The van der Waals surface area contributed by atoms with Crippen LogP contribution in [0, 0.1) is 6.92 Å². The molecule has 2 heterocycles. The van der Waals surface area contributed by atoms with Crippen LogP contribution in [0.3, 0.4) is 0 Å². The Hall–Kier alpha value is -2.95. The van der Waals surface area contributed by atoms with Gasteiger partial charge in [-0.05, 0) is 12.5 Å². The predicted molar refractivity (Wildman–Crippen MR) is 94.1 cm³/mol. The van der Waals surface area contributed by atoms with Gasteiger partial charge in [0.2, 0.25) is 0 Å². The average molecular weight is 324 g/mol. The summed E-state index contributed by atoms with van der Waals surface area (Å²) in [4.78, 5) is 19.8. The van der Waals surface area contributed by atoms with E-state index in [1.807, 2.05) is 45.0 Å². The van der Waals surface area contributed by atoms with Crippen molar-refractivity contribution in [1.82, 2.24) is 9.97 Å². The summed E-state index contributed by atoms with van der Waals surface area (Å²) in [5, 5.41) is 11.5. The van der Waals surface area contributed by atoms with Gasteiger partial charge in [0, 0.05) is 34.9 Å². The van der Waals surface area contributed by atoms with E-state index in [0.717, 1.165) is 22.1 Å². The van der Waals surface area contributed by atoms with Crippen LogP contribution in [0.4, 0.5) is 0 Å². The lowest BCUT2D eigenvalue weighted by Gasteiger charge is -2.09. The van der Waals surface area contributed by atoms with Gasteiger partial charge < -0.3 is 9.84 Å². The Kier molecular flexibility index (Phi) is 5.47. The van der Waals surface area contributed by atoms with Crippen LogP contribution in [0.25, 0.3) is 21.9 Å². The van der Waals surface area contributed by atoms with Crippen molar-refractivity contribution < 1.29 is 14.6 Å². The molecule has 0 saturated carbocycles. The molecule has 0 radical (unpaired) electrons. The summed E-state index contributed by atoms with van der Waals surface area (Å²) in [6, 6.07) is 7.97. The summed E-state index contributed by atoms with van der Waals surface area (Å²) in [5.74, 6) is -0.897. The minimum Gasteiger partial charge on any atom is -0.505 e. The van der Waals surface area contributed by atoms with Gasteiger partial charge in [-0.2, -0.15) is 0 Å². The van der Waals surface area contributed by atoms with E-state index in [-0.39, 0.29) is 11.4 Å². The van der Waals surface area contributed by atoms with Gasteiger partial charge in [0.15, 0.2) is 11.4 Å². The van der Waals surface area contributed by atoms with Crippen molar-refractivity contribution in [2.24, 2.45) is 0 Å². The van der Waals surface area contributed by atoms with Crippen molar-refractivity contribution in [2.75, 3.05) is 7.11 Å². The number of carbonyl (C=O) groups excluding carboxylic acids is 1. The molecule has 0 bridgehead atoms. The first-order valence-corrected chi connectivity index (χ1v) is 7.73. The Bertz CT molecular complexity index is 858. The number of carbonyl (C=O) groups is 1. The molecule has 0 aliphatic rings. The molecule has 3 aromatic rings. The van der Waals surface area contributed by atoms with Gasteiger partial charge in [0.05, 0.1) is 7.11 Å². The molecule has 3 rings (SSSR count). The van der Waals surface area contributed by atoms with Gasteiger partial charge in [-0.25, -0.2) is 9.78 Å². The lowest BCUT2D eigenvalue weighted by Crippen LogP contribution is -2.04. The Morgan fingerprint density at radius 3 is 2.33 bits per heavy atom. The zero-order chi connectivity index (χ0) is 17.7. The van der Waals surface area contributed by atoms with Crippen LogP contribution in [0.15, 0.2) is 42.9 Å². The maximum absolute atomic E-state index is 11.6. The van der Waals surface area contributed by atoms with E-state index in [2.05, 4.69) is 14.7 Å². The van der Waals surface area contributed by atoms with E-state index in [4.69, 9.17) is 0 Å². The lowest BCUT2D eigenvalue weighted by atomic mass is 10.0. The number of methoxy groups -OCH3 is 1. The third kappa shape index (κ3) is 3.20. The number of nitrogens with zero attached hydrogens (tertiary/aromatic N) is 2. The Balaban J connectivity index is 0.00000100. The highest BCUT2D eigenvalue weighted by molar-refractivity contribution is 6.03. The second-order valence-corrected chi connectivity index (χ2v) is 4.96. The molecule has 1 N–H and O–H groups in total. The number of benzene rings is 1. The van der Waals surface area contributed by atoms with E-state index in [0.29, 0.717) is 5.39 Å². The second kappa shape index (κ2) is 7.55. The van der Waals surface area contributed by atoms with E-state index < -0.39 is 5.97 Å². The van der Waals surface area contributed by atoms with Gasteiger partial charge in [-0.15, -0.1) is 0 Å². The minimum atomic E-state index is -0.680. The molecule has 0 amide bonds. The molecule has 5 heteroatoms. The number of aryl methyl sites for hydroxylation is 1. The minimum absolute atomic E-state index is 0.113. The number of rotatable bonds is 2. The number of aromatic nitrogens is 2. The third-order valence-corrected chi connectivity index (χ3v) is 3.53. The van der Waals surface area contributed by atoms with E-state index in [1.165, 1.54) is 13.3 Å². The molecule has 2 aromatic heterocycles. The summed E-state index contributed by atoms with van der Waals surface area (Å²) < 4.78 is 4.61. The van der Waals surface area contributed by atoms with Crippen LogP contribution in [0.5, 0.6) is 5.75 Å². The molecule has 0 fully saturated rings. The highest BCUT2D eigenvalue weighted by Gasteiger charge is 2.18. The zero-order valence-electron chi connectivity index (χ0n) is 14.2. The number of pyridine rings is 2. The number of hydrogen-bond acceptors (Lipinski definition) is 5. The first-order valence-electron chi connectivity index (χ1n) is 7.73. The van der Waals surface area contributed by atoms with Crippen molar-refractivity contribution in [3.05, 3.63) is 54.1 Å². The molecule has 24 heavy (non-hydrogen) atoms. The van der Waals surface area contributed by atoms with Gasteiger partial charge in [0.25, 0.3) is 0 Å². The molecular weight excluding hydrogens is 304 g/mol. The lowest BCUT2D eigenvalue weighted by molar-refractivity contribution is 0.0591. The zero-order valence-corrected chi connectivity index (χ0v) is 14.2. The Morgan fingerprint density at radius 2 is 1.71 bits per heavy atom. The summed E-state index contributed by atoms with van der Waals surface area (Å²) >= 11 is 0. The van der Waals surface area contributed by atoms with Gasteiger partial charge >= 0.3 is 5.97 Å². The van der Waals surface area contributed by atoms with Crippen LogP contribution in [0.1, 0.15) is 29.9 Å². The molecule has 0 aliphatic carbocycles. The first kappa shape index (κ1) is 17.4. The quantitative estimate of drug-likeness (QED) is 0.718. The van der Waals surface area contributed by atoms with E-state index >= 15 is 0 Å². The second-order valence-electron chi connectivity index (χ2n) is 4.96. The fourth-order valence-electron chi connectivity index (χ4n) is 2.33. The molecule has 0 unspecified atom stereocenters. The molecule has 0 saturated heterocycles. The predicted octanol–water partition coefficient (Wildman–Crippen LogP) is 4.12. The molecule has 0 atom stereocenters.